The number of fused-ring (bicyclic) bond motifs is 1. The summed E-state index contributed by atoms with van der Waals surface area (Å²) in [6, 6.07) is 3.68. The third-order valence-electron chi connectivity index (χ3n) is 6.69. The van der Waals surface area contributed by atoms with Crippen molar-refractivity contribution in [3.8, 4) is 0 Å². The van der Waals surface area contributed by atoms with Gasteiger partial charge in [0.05, 0.1) is 16.1 Å². The van der Waals surface area contributed by atoms with E-state index in [0.717, 1.165) is 62.7 Å². The fourth-order valence-corrected chi connectivity index (χ4v) is 5.46. The molecule has 29 heavy (non-hydrogen) atoms. The Hall–Kier alpha value is -1.46. The normalized spacial score (nSPS) is 23.0. The summed E-state index contributed by atoms with van der Waals surface area (Å²) < 4.78 is 0. The van der Waals surface area contributed by atoms with Crippen LogP contribution < -0.4 is 10.6 Å². The maximum atomic E-state index is 12.7. The first-order valence-electron chi connectivity index (χ1n) is 10.9. The van der Waals surface area contributed by atoms with Gasteiger partial charge in [-0.2, -0.15) is 0 Å². The molecule has 1 aromatic carbocycles. The molecule has 1 saturated carbocycles. The Bertz CT molecular complexity index is 772. The van der Waals surface area contributed by atoms with E-state index in [2.05, 4.69) is 10.6 Å². The van der Waals surface area contributed by atoms with Crippen molar-refractivity contribution in [1.29, 1.82) is 0 Å². The predicted octanol–water partition coefficient (Wildman–Crippen LogP) is 4.85. The van der Waals surface area contributed by atoms with E-state index in [4.69, 9.17) is 23.2 Å². The molecule has 2 aliphatic carbocycles. The minimum atomic E-state index is -0.147. The molecule has 1 aliphatic heterocycles. The van der Waals surface area contributed by atoms with Crippen LogP contribution in [-0.4, -0.2) is 36.0 Å². The molecule has 0 spiro atoms. The van der Waals surface area contributed by atoms with Crippen molar-refractivity contribution < 1.29 is 9.59 Å². The number of amides is 3. The third-order valence-corrected chi connectivity index (χ3v) is 7.54. The lowest BCUT2D eigenvalue weighted by Gasteiger charge is -2.35. The molecule has 0 radical (unpaired) electrons. The molecule has 158 valence electrons. The van der Waals surface area contributed by atoms with Gasteiger partial charge in [-0.15, -0.1) is 0 Å². The van der Waals surface area contributed by atoms with Gasteiger partial charge in [0.25, 0.3) is 0 Å². The first kappa shape index (κ1) is 20.8. The maximum absolute atomic E-state index is 12.7. The van der Waals surface area contributed by atoms with E-state index in [0.29, 0.717) is 16.0 Å². The summed E-state index contributed by atoms with van der Waals surface area (Å²) in [6.07, 6.45) is 8.97. The van der Waals surface area contributed by atoms with E-state index in [1.165, 1.54) is 19.3 Å². The molecule has 3 amide bonds. The molecule has 7 heteroatoms. The Morgan fingerprint density at radius 2 is 1.66 bits per heavy atom. The lowest BCUT2D eigenvalue weighted by molar-refractivity contribution is -0.137. The van der Waals surface area contributed by atoms with Crippen molar-refractivity contribution in [3.05, 3.63) is 33.3 Å². The number of hydrogen-bond donors (Lipinski definition) is 2. The van der Waals surface area contributed by atoms with Crippen molar-refractivity contribution in [1.82, 2.24) is 15.5 Å². The molecule has 0 bridgehead atoms. The SMILES string of the molecule is O=C(NC1CCN(C(=O)C2CCCCC2)CC1)NC1CCc2c1ccc(Cl)c2Cl. The highest BCUT2D eigenvalue weighted by Crippen LogP contribution is 2.39. The molecule has 2 fully saturated rings. The number of benzene rings is 1. The molecule has 0 aromatic heterocycles. The number of hydrogen-bond acceptors (Lipinski definition) is 2. The van der Waals surface area contributed by atoms with E-state index in [9.17, 15) is 9.59 Å². The van der Waals surface area contributed by atoms with Gasteiger partial charge in [0.2, 0.25) is 5.91 Å². The third kappa shape index (κ3) is 4.66. The highest BCUT2D eigenvalue weighted by atomic mass is 35.5. The molecule has 2 N–H and O–H groups in total. The summed E-state index contributed by atoms with van der Waals surface area (Å²) in [7, 11) is 0. The Kier molecular flexibility index (Phi) is 6.55. The summed E-state index contributed by atoms with van der Waals surface area (Å²) in [4.78, 5) is 27.2. The second-order valence-corrected chi connectivity index (χ2v) is 9.36. The van der Waals surface area contributed by atoms with Crippen LogP contribution in [0, 0.1) is 5.92 Å². The summed E-state index contributed by atoms with van der Waals surface area (Å²) in [6.45, 7) is 1.47. The molecular formula is C22H29Cl2N3O2. The Balaban J connectivity index is 1.25. The zero-order valence-corrected chi connectivity index (χ0v) is 18.2. The van der Waals surface area contributed by atoms with Gasteiger partial charge in [-0.05, 0) is 55.7 Å². The van der Waals surface area contributed by atoms with Crippen molar-refractivity contribution in [2.75, 3.05) is 13.1 Å². The minimum Gasteiger partial charge on any atom is -0.342 e. The quantitative estimate of drug-likeness (QED) is 0.709. The van der Waals surface area contributed by atoms with Crippen molar-refractivity contribution >= 4 is 35.1 Å². The average Bonchev–Trinajstić information content (AvgIpc) is 3.14. The second-order valence-electron chi connectivity index (χ2n) is 8.57. The molecule has 1 unspecified atom stereocenters. The highest BCUT2D eigenvalue weighted by Gasteiger charge is 2.31. The smallest absolute Gasteiger partial charge is 0.315 e. The van der Waals surface area contributed by atoms with Crippen molar-refractivity contribution in [2.45, 2.75) is 69.9 Å². The van der Waals surface area contributed by atoms with E-state index in [1.54, 1.807) is 6.07 Å². The van der Waals surface area contributed by atoms with E-state index in [1.807, 2.05) is 11.0 Å². The lowest BCUT2D eigenvalue weighted by Crippen LogP contribution is -2.50. The van der Waals surface area contributed by atoms with Gasteiger partial charge in [0.15, 0.2) is 0 Å². The number of urea groups is 1. The lowest BCUT2D eigenvalue weighted by atomic mass is 9.87. The van der Waals surface area contributed by atoms with Crippen molar-refractivity contribution in [3.63, 3.8) is 0 Å². The number of nitrogens with zero attached hydrogens (tertiary/aromatic N) is 1. The van der Waals surface area contributed by atoms with Crippen LogP contribution in [0.15, 0.2) is 12.1 Å². The Morgan fingerprint density at radius 3 is 2.38 bits per heavy atom. The molecule has 1 aromatic rings. The van der Waals surface area contributed by atoms with Gasteiger partial charge >= 0.3 is 6.03 Å². The summed E-state index contributed by atoms with van der Waals surface area (Å²) in [5.74, 6) is 0.546. The first-order valence-corrected chi connectivity index (χ1v) is 11.6. The highest BCUT2D eigenvalue weighted by molar-refractivity contribution is 6.42. The molecule has 1 heterocycles. The van der Waals surface area contributed by atoms with Crippen LogP contribution in [0.2, 0.25) is 10.0 Å². The summed E-state index contributed by atoms with van der Waals surface area (Å²) >= 11 is 12.4. The zero-order chi connectivity index (χ0) is 20.4. The fourth-order valence-electron chi connectivity index (χ4n) is 5.02. The van der Waals surface area contributed by atoms with Crippen LogP contribution in [0.5, 0.6) is 0 Å². The van der Waals surface area contributed by atoms with E-state index >= 15 is 0 Å². The number of nitrogens with one attached hydrogen (secondary N) is 2. The molecule has 1 atom stereocenters. The van der Waals surface area contributed by atoms with Crippen molar-refractivity contribution in [2.24, 2.45) is 5.92 Å². The topological polar surface area (TPSA) is 61.4 Å². The summed E-state index contributed by atoms with van der Waals surface area (Å²) in [5.41, 5.74) is 2.10. The van der Waals surface area contributed by atoms with Gasteiger partial charge in [0, 0.05) is 25.0 Å². The largest absolute Gasteiger partial charge is 0.342 e. The average molecular weight is 438 g/mol. The van der Waals surface area contributed by atoms with Crippen LogP contribution in [0.25, 0.3) is 0 Å². The molecule has 5 nitrogen and oxygen atoms in total. The van der Waals surface area contributed by atoms with Crippen LogP contribution in [0.1, 0.15) is 68.5 Å². The monoisotopic (exact) mass is 437 g/mol. The Morgan fingerprint density at radius 1 is 0.931 bits per heavy atom. The minimum absolute atomic E-state index is 0.0345. The number of piperidine rings is 1. The summed E-state index contributed by atoms with van der Waals surface area (Å²) in [5, 5.41) is 7.34. The zero-order valence-electron chi connectivity index (χ0n) is 16.7. The van der Waals surface area contributed by atoms with E-state index in [-0.39, 0.29) is 24.0 Å². The second kappa shape index (κ2) is 9.13. The number of carbonyl (C=O) groups is 2. The van der Waals surface area contributed by atoms with Crippen LogP contribution in [-0.2, 0) is 11.2 Å². The van der Waals surface area contributed by atoms with Crippen LogP contribution in [0.4, 0.5) is 4.79 Å². The maximum Gasteiger partial charge on any atom is 0.315 e. The standard InChI is InChI=1S/C22H29Cl2N3O2/c23-18-8-6-16-17(20(18)24)7-9-19(16)26-22(29)25-15-10-12-27(13-11-15)21(28)14-4-2-1-3-5-14/h6,8,14-15,19H,1-5,7,9-13H2,(H2,25,26,29). The fraction of sp³-hybridized carbons (Fsp3) is 0.636. The Labute approximate surface area is 182 Å². The van der Waals surface area contributed by atoms with Gasteiger partial charge in [0.1, 0.15) is 0 Å². The molecular weight excluding hydrogens is 409 g/mol. The van der Waals surface area contributed by atoms with Gasteiger partial charge < -0.3 is 15.5 Å². The number of halogens is 2. The number of rotatable bonds is 3. The van der Waals surface area contributed by atoms with Gasteiger partial charge in [-0.1, -0.05) is 48.5 Å². The van der Waals surface area contributed by atoms with Crippen LogP contribution >= 0.6 is 23.2 Å². The number of carbonyl (C=O) groups excluding carboxylic acids is 2. The van der Waals surface area contributed by atoms with Crippen LogP contribution in [0.3, 0.4) is 0 Å². The van der Waals surface area contributed by atoms with Gasteiger partial charge in [-0.3, -0.25) is 4.79 Å². The molecule has 3 aliphatic rings. The molecule has 1 saturated heterocycles. The predicted molar refractivity (Wildman–Crippen MR) is 115 cm³/mol. The van der Waals surface area contributed by atoms with Gasteiger partial charge in [-0.25, -0.2) is 4.79 Å². The first-order chi connectivity index (χ1) is 14.0. The molecule has 4 rings (SSSR count). The number of likely N-dealkylation sites (tertiary alicyclic amines) is 1. The van der Waals surface area contributed by atoms with E-state index < -0.39 is 0 Å².